The lowest BCUT2D eigenvalue weighted by molar-refractivity contribution is -0.116. The molecule has 5 rings (SSSR count). The number of fused-ring (bicyclic) bond motifs is 2. The molecule has 4 aromatic rings. The molecule has 0 bridgehead atoms. The predicted octanol–water partition coefficient (Wildman–Crippen LogP) is 3.58. The van der Waals surface area contributed by atoms with E-state index in [0.717, 1.165) is 39.0 Å². The van der Waals surface area contributed by atoms with Crippen LogP contribution < -0.4 is 5.32 Å². The largest absolute Gasteiger partial charge is 0.311 e. The van der Waals surface area contributed by atoms with Crippen molar-refractivity contribution < 1.29 is 4.79 Å². The van der Waals surface area contributed by atoms with Gasteiger partial charge in [-0.25, -0.2) is 4.98 Å². The Morgan fingerprint density at radius 3 is 2.88 bits per heavy atom. The van der Waals surface area contributed by atoms with Gasteiger partial charge in [-0.3, -0.25) is 13.9 Å². The SMILES string of the molecule is Cc1nc2sccn2c1C1CC(=O)Nc2c1c(-c1ccccc1)nn2C. The summed E-state index contributed by atoms with van der Waals surface area (Å²) in [6.45, 7) is 2.01. The summed E-state index contributed by atoms with van der Waals surface area (Å²) in [5, 5.41) is 9.76. The van der Waals surface area contributed by atoms with Gasteiger partial charge in [0.05, 0.1) is 17.1 Å². The Morgan fingerprint density at radius 2 is 2.08 bits per heavy atom. The van der Waals surface area contributed by atoms with E-state index in [2.05, 4.69) is 26.8 Å². The number of imidazole rings is 1. The van der Waals surface area contributed by atoms with Crippen LogP contribution in [0, 0.1) is 6.92 Å². The van der Waals surface area contributed by atoms with Crippen LogP contribution in [0.4, 0.5) is 5.82 Å². The minimum Gasteiger partial charge on any atom is -0.311 e. The zero-order valence-corrected chi connectivity index (χ0v) is 15.2. The molecular weight excluding hydrogens is 346 g/mol. The molecule has 0 aliphatic carbocycles. The molecule has 0 spiro atoms. The van der Waals surface area contributed by atoms with Gasteiger partial charge in [-0.1, -0.05) is 30.3 Å². The maximum atomic E-state index is 12.4. The van der Waals surface area contributed by atoms with E-state index in [1.54, 1.807) is 16.0 Å². The first-order valence-electron chi connectivity index (χ1n) is 8.47. The van der Waals surface area contributed by atoms with Gasteiger partial charge in [0.25, 0.3) is 0 Å². The summed E-state index contributed by atoms with van der Waals surface area (Å²) >= 11 is 1.60. The maximum Gasteiger partial charge on any atom is 0.226 e. The molecule has 1 aliphatic rings. The maximum absolute atomic E-state index is 12.4. The first-order valence-corrected chi connectivity index (χ1v) is 9.35. The fourth-order valence-corrected chi connectivity index (χ4v) is 4.63. The number of nitrogens with zero attached hydrogens (tertiary/aromatic N) is 4. The number of hydrogen-bond donors (Lipinski definition) is 1. The Morgan fingerprint density at radius 1 is 1.27 bits per heavy atom. The Labute approximate surface area is 154 Å². The highest BCUT2D eigenvalue weighted by molar-refractivity contribution is 7.15. The molecule has 1 aliphatic heterocycles. The molecular formula is C19H17N5OS. The van der Waals surface area contributed by atoms with E-state index in [1.165, 1.54) is 0 Å². The van der Waals surface area contributed by atoms with E-state index in [4.69, 9.17) is 5.10 Å². The highest BCUT2D eigenvalue weighted by Crippen LogP contribution is 2.43. The number of thiazole rings is 1. The lowest BCUT2D eigenvalue weighted by Crippen LogP contribution is -2.25. The van der Waals surface area contributed by atoms with E-state index in [0.29, 0.717) is 6.42 Å². The quantitative estimate of drug-likeness (QED) is 0.592. The van der Waals surface area contributed by atoms with Crippen LogP contribution in [0.1, 0.15) is 29.3 Å². The van der Waals surface area contributed by atoms with Gasteiger partial charge in [-0.05, 0) is 6.92 Å². The summed E-state index contributed by atoms with van der Waals surface area (Å²) in [6, 6.07) is 10.1. The topological polar surface area (TPSA) is 64.2 Å². The lowest BCUT2D eigenvalue weighted by Gasteiger charge is -2.24. The summed E-state index contributed by atoms with van der Waals surface area (Å²) < 4.78 is 3.87. The van der Waals surface area contributed by atoms with E-state index < -0.39 is 0 Å². The second-order valence-electron chi connectivity index (χ2n) is 6.54. The van der Waals surface area contributed by atoms with Crippen LogP contribution in [0.15, 0.2) is 41.9 Å². The number of carbonyl (C=O) groups is 1. The van der Waals surface area contributed by atoms with Gasteiger partial charge >= 0.3 is 0 Å². The highest BCUT2D eigenvalue weighted by Gasteiger charge is 2.36. The molecule has 0 saturated carbocycles. The molecule has 1 N–H and O–H groups in total. The molecule has 4 heterocycles. The number of amides is 1. The first kappa shape index (κ1) is 15.3. The number of rotatable bonds is 2. The van der Waals surface area contributed by atoms with E-state index in [1.807, 2.05) is 43.7 Å². The number of hydrogen-bond acceptors (Lipinski definition) is 4. The van der Waals surface area contributed by atoms with Gasteiger partial charge in [-0.15, -0.1) is 11.3 Å². The Bertz CT molecular complexity index is 1140. The normalized spacial score (nSPS) is 16.7. The summed E-state index contributed by atoms with van der Waals surface area (Å²) in [6.07, 6.45) is 2.42. The smallest absolute Gasteiger partial charge is 0.226 e. The van der Waals surface area contributed by atoms with Gasteiger partial charge < -0.3 is 5.32 Å². The molecule has 0 radical (unpaired) electrons. The lowest BCUT2D eigenvalue weighted by atomic mass is 9.86. The summed E-state index contributed by atoms with van der Waals surface area (Å²) in [5.74, 6) is 0.705. The third kappa shape index (κ3) is 2.13. The van der Waals surface area contributed by atoms with Crippen LogP contribution in [0.2, 0.25) is 0 Å². The Kier molecular flexibility index (Phi) is 3.27. The molecule has 1 amide bonds. The molecule has 7 heteroatoms. The van der Waals surface area contributed by atoms with Gasteiger partial charge in [0.2, 0.25) is 5.91 Å². The molecule has 1 aromatic carbocycles. The van der Waals surface area contributed by atoms with Crippen LogP contribution in [-0.2, 0) is 11.8 Å². The van der Waals surface area contributed by atoms with Gasteiger partial charge in [-0.2, -0.15) is 5.10 Å². The molecule has 130 valence electrons. The average molecular weight is 363 g/mol. The van der Waals surface area contributed by atoms with E-state index >= 15 is 0 Å². The predicted molar refractivity (Wildman–Crippen MR) is 102 cm³/mol. The zero-order chi connectivity index (χ0) is 17.8. The molecule has 0 fully saturated rings. The van der Waals surface area contributed by atoms with Gasteiger partial charge in [0, 0.05) is 42.1 Å². The summed E-state index contributed by atoms with van der Waals surface area (Å²) in [7, 11) is 1.87. The van der Waals surface area contributed by atoms with Crippen molar-refractivity contribution in [2.45, 2.75) is 19.3 Å². The number of aryl methyl sites for hydroxylation is 2. The van der Waals surface area contributed by atoms with Crippen molar-refractivity contribution in [3.63, 3.8) is 0 Å². The van der Waals surface area contributed by atoms with E-state index in [9.17, 15) is 4.79 Å². The van der Waals surface area contributed by atoms with Crippen LogP contribution in [-0.4, -0.2) is 25.1 Å². The van der Waals surface area contributed by atoms with Gasteiger partial charge in [0.15, 0.2) is 4.96 Å². The number of aromatic nitrogens is 4. The van der Waals surface area contributed by atoms with Crippen molar-refractivity contribution in [3.8, 4) is 11.3 Å². The summed E-state index contributed by atoms with van der Waals surface area (Å²) in [4.78, 5) is 18.1. The molecule has 1 atom stereocenters. The second-order valence-corrected chi connectivity index (χ2v) is 7.42. The van der Waals surface area contributed by atoms with Crippen LogP contribution in [0.3, 0.4) is 0 Å². The fraction of sp³-hybridized carbons (Fsp3) is 0.211. The Balaban J connectivity index is 1.79. The summed E-state index contributed by atoms with van der Waals surface area (Å²) in [5.41, 5.74) is 5.06. The van der Waals surface area contributed by atoms with Crippen molar-refractivity contribution in [3.05, 3.63) is 58.9 Å². The highest BCUT2D eigenvalue weighted by atomic mass is 32.1. The van der Waals surface area contributed by atoms with Crippen LogP contribution >= 0.6 is 11.3 Å². The minimum atomic E-state index is -0.0766. The van der Waals surface area contributed by atoms with Crippen molar-refractivity contribution in [2.75, 3.05) is 5.32 Å². The third-order valence-corrected chi connectivity index (χ3v) is 5.70. The Hall–Kier alpha value is -2.93. The fourth-order valence-electron chi connectivity index (χ4n) is 3.86. The zero-order valence-electron chi connectivity index (χ0n) is 14.4. The van der Waals surface area contributed by atoms with Gasteiger partial charge in [0.1, 0.15) is 5.82 Å². The minimum absolute atomic E-state index is 0.00897. The monoisotopic (exact) mass is 363 g/mol. The molecule has 6 nitrogen and oxygen atoms in total. The average Bonchev–Trinajstić information content (AvgIpc) is 3.29. The van der Waals surface area contributed by atoms with Crippen molar-refractivity contribution in [2.24, 2.45) is 7.05 Å². The third-order valence-electron chi connectivity index (χ3n) is 4.94. The second kappa shape index (κ2) is 5.54. The molecule has 26 heavy (non-hydrogen) atoms. The van der Waals surface area contributed by atoms with Crippen molar-refractivity contribution in [1.82, 2.24) is 19.2 Å². The standard InChI is InChI=1S/C19H17N5OS/c1-11-17(24-8-9-26-19(24)20-11)13-10-14(25)21-18-15(13)16(22-23(18)2)12-6-4-3-5-7-12/h3-9,13H,10H2,1-2H3,(H,21,25). The molecule has 1 unspecified atom stereocenters. The van der Waals surface area contributed by atoms with Crippen molar-refractivity contribution >= 4 is 28.0 Å². The molecule has 0 saturated heterocycles. The molecule has 3 aromatic heterocycles. The first-order chi connectivity index (χ1) is 12.6. The number of nitrogens with one attached hydrogen (secondary N) is 1. The van der Waals surface area contributed by atoms with Crippen molar-refractivity contribution in [1.29, 1.82) is 0 Å². The number of anilines is 1. The number of benzene rings is 1. The number of carbonyl (C=O) groups excluding carboxylic acids is 1. The van der Waals surface area contributed by atoms with Crippen LogP contribution in [0.25, 0.3) is 16.2 Å². The van der Waals surface area contributed by atoms with Crippen LogP contribution in [0.5, 0.6) is 0 Å². The van der Waals surface area contributed by atoms with E-state index in [-0.39, 0.29) is 11.8 Å².